The summed E-state index contributed by atoms with van der Waals surface area (Å²) >= 11 is 0. The molecule has 0 radical (unpaired) electrons. The molecule has 0 unspecified atom stereocenters. The van der Waals surface area contributed by atoms with E-state index in [1.165, 1.54) is 0 Å². The summed E-state index contributed by atoms with van der Waals surface area (Å²) in [6.07, 6.45) is 0. The quantitative estimate of drug-likeness (QED) is 0.188. The van der Waals surface area contributed by atoms with Crippen molar-refractivity contribution in [1.82, 2.24) is 0 Å². The smallest absolute Gasteiger partial charge is 0.143 e. The van der Waals surface area contributed by atoms with E-state index in [0.29, 0.717) is 11.4 Å². The van der Waals surface area contributed by atoms with Gasteiger partial charge in [-0.15, -0.1) is 0 Å². The highest BCUT2D eigenvalue weighted by molar-refractivity contribution is 6.19. The molecule has 0 amide bonds. The van der Waals surface area contributed by atoms with Gasteiger partial charge in [0.25, 0.3) is 0 Å². The van der Waals surface area contributed by atoms with Gasteiger partial charge >= 0.3 is 0 Å². The zero-order chi connectivity index (χ0) is 40.1. The number of para-hydroxylation sites is 1. The van der Waals surface area contributed by atoms with Gasteiger partial charge in [-0.2, -0.15) is 0 Å². The predicted octanol–water partition coefficient (Wildman–Crippen LogP) is 13.4. The van der Waals surface area contributed by atoms with Crippen LogP contribution in [0.3, 0.4) is 0 Å². The van der Waals surface area contributed by atoms with Crippen LogP contribution in [0.15, 0.2) is 185 Å². The first-order valence-corrected chi connectivity index (χ1v) is 15.9. The average molecular weight is 637 g/mol. The Hall–Kier alpha value is -6.58. The summed E-state index contributed by atoms with van der Waals surface area (Å²) < 4.78 is 92.2. The van der Waals surface area contributed by atoms with Crippen LogP contribution in [0.2, 0.25) is 0 Å². The number of nitrogens with zero attached hydrogens (tertiary/aromatic N) is 1. The number of fused-ring (bicyclic) bond motifs is 8. The van der Waals surface area contributed by atoms with E-state index in [0.717, 1.165) is 44.2 Å². The Morgan fingerprint density at radius 3 is 1.92 bits per heavy atom. The second-order valence-electron chi connectivity index (χ2n) is 11.8. The van der Waals surface area contributed by atoms with Gasteiger partial charge in [-0.25, -0.2) is 0 Å². The molecule has 0 bridgehead atoms. The summed E-state index contributed by atoms with van der Waals surface area (Å²) in [4.78, 5) is 1.77. The molecule has 8 aromatic carbocycles. The molecule has 3 nitrogen and oxygen atoms in total. The van der Waals surface area contributed by atoms with Gasteiger partial charge in [0.2, 0.25) is 0 Å². The van der Waals surface area contributed by atoms with Gasteiger partial charge in [-0.3, -0.25) is 0 Å². The van der Waals surface area contributed by atoms with Crippen molar-refractivity contribution in [3.8, 4) is 22.3 Å². The van der Waals surface area contributed by atoms with E-state index in [9.17, 15) is 2.74 Å². The fourth-order valence-corrected chi connectivity index (χ4v) is 6.67. The van der Waals surface area contributed by atoms with Crippen molar-refractivity contribution in [2.24, 2.45) is 0 Å². The topological polar surface area (TPSA) is 29.5 Å². The molecule has 0 fully saturated rings. The third kappa shape index (κ3) is 4.51. The highest BCUT2D eigenvalue weighted by Crippen LogP contribution is 2.45. The Labute approximate surface area is 295 Å². The van der Waals surface area contributed by atoms with Gasteiger partial charge in [0.05, 0.1) is 23.4 Å². The molecule has 2 heterocycles. The molecule has 0 saturated carbocycles. The molecule has 10 aromatic rings. The molecule has 230 valence electrons. The molecule has 0 saturated heterocycles. The van der Waals surface area contributed by atoms with Crippen LogP contribution in [0.1, 0.15) is 12.3 Å². The first-order valence-electron chi connectivity index (χ1n) is 20.4. The van der Waals surface area contributed by atoms with Crippen LogP contribution in [0.25, 0.3) is 76.9 Å². The van der Waals surface area contributed by atoms with Gasteiger partial charge in [-0.1, -0.05) is 115 Å². The lowest BCUT2D eigenvalue weighted by molar-refractivity contribution is 0.669. The summed E-state index contributed by atoms with van der Waals surface area (Å²) in [6, 6.07) is 35.1. The zero-order valence-electron chi connectivity index (χ0n) is 34.8. The Bertz CT molecular complexity index is 3320. The van der Waals surface area contributed by atoms with Crippen molar-refractivity contribution in [2.45, 2.75) is 0 Å². The molecule has 0 aliphatic carbocycles. The van der Waals surface area contributed by atoms with Crippen molar-refractivity contribution in [3.05, 3.63) is 176 Å². The minimum atomic E-state index is -0.546. The molecule has 0 spiro atoms. The van der Waals surface area contributed by atoms with Crippen LogP contribution in [0, 0.1) is 0 Å². The van der Waals surface area contributed by atoms with E-state index < -0.39 is 42.3 Å². The van der Waals surface area contributed by atoms with Crippen molar-refractivity contribution >= 4 is 71.7 Å². The van der Waals surface area contributed by atoms with Crippen molar-refractivity contribution in [2.75, 3.05) is 4.90 Å². The van der Waals surface area contributed by atoms with Crippen molar-refractivity contribution < 1.29 is 21.2 Å². The minimum Gasteiger partial charge on any atom is -0.456 e. The van der Waals surface area contributed by atoms with E-state index >= 15 is 0 Å². The monoisotopic (exact) mass is 636 g/mol. The molecule has 0 N–H and O–H groups in total. The normalized spacial score (nSPS) is 14.2. The third-order valence-corrected chi connectivity index (χ3v) is 9.02. The minimum absolute atomic E-state index is 0.0104. The van der Waals surface area contributed by atoms with Gasteiger partial charge in [0.1, 0.15) is 22.3 Å². The Morgan fingerprint density at radius 1 is 0.429 bits per heavy atom. The maximum Gasteiger partial charge on any atom is 0.143 e. The summed E-state index contributed by atoms with van der Waals surface area (Å²) in [5.74, 6) is 0. The Morgan fingerprint density at radius 2 is 1.10 bits per heavy atom. The highest BCUT2D eigenvalue weighted by atomic mass is 16.3. The van der Waals surface area contributed by atoms with E-state index in [1.54, 1.807) is 4.90 Å². The van der Waals surface area contributed by atoms with Gasteiger partial charge in [0.15, 0.2) is 0 Å². The largest absolute Gasteiger partial charge is 0.456 e. The maximum absolute atomic E-state index is 9.43. The zero-order valence-corrected chi connectivity index (χ0v) is 25.8. The highest BCUT2D eigenvalue weighted by Gasteiger charge is 2.20. The fourth-order valence-electron chi connectivity index (χ4n) is 6.67. The molecule has 49 heavy (non-hydrogen) atoms. The number of hydrogen-bond acceptors (Lipinski definition) is 3. The van der Waals surface area contributed by atoms with Gasteiger partial charge in [-0.05, 0) is 88.2 Å². The summed E-state index contributed by atoms with van der Waals surface area (Å²) in [7, 11) is 0. The first-order chi connectivity index (χ1) is 28.0. The molecule has 0 aliphatic heterocycles. The molecule has 0 aliphatic rings. The summed E-state index contributed by atoms with van der Waals surface area (Å²) in [6.45, 7) is 0. The molecule has 0 atom stereocenters. The second kappa shape index (κ2) is 11.0. The van der Waals surface area contributed by atoms with Crippen LogP contribution < -0.4 is 4.90 Å². The number of furan rings is 2. The number of anilines is 3. The lowest BCUT2D eigenvalue weighted by Crippen LogP contribution is -2.10. The molecular weight excluding hydrogens is 599 g/mol. The van der Waals surface area contributed by atoms with Gasteiger partial charge in [0, 0.05) is 32.9 Å². The molecular formula is C46H29NO2. The summed E-state index contributed by atoms with van der Waals surface area (Å²) in [5.41, 5.74) is 6.37. The van der Waals surface area contributed by atoms with E-state index in [2.05, 4.69) is 0 Å². The number of rotatable bonds is 5. The van der Waals surface area contributed by atoms with E-state index in [-0.39, 0.29) is 50.5 Å². The van der Waals surface area contributed by atoms with Gasteiger partial charge < -0.3 is 13.7 Å². The van der Waals surface area contributed by atoms with Crippen LogP contribution >= 0.6 is 0 Å². The average Bonchev–Trinajstić information content (AvgIpc) is 3.84. The first kappa shape index (κ1) is 19.9. The third-order valence-electron chi connectivity index (χ3n) is 9.02. The van der Waals surface area contributed by atoms with Crippen LogP contribution in [-0.4, -0.2) is 0 Å². The molecule has 2 aromatic heterocycles. The Balaban J connectivity index is 1.23. The van der Waals surface area contributed by atoms with Crippen molar-refractivity contribution in [3.63, 3.8) is 0 Å². The van der Waals surface area contributed by atoms with E-state index in [4.69, 9.17) is 18.4 Å². The lowest BCUT2D eigenvalue weighted by Gasteiger charge is -2.26. The van der Waals surface area contributed by atoms with E-state index in [1.807, 2.05) is 121 Å². The molecule has 3 heteroatoms. The standard InChI is InChI=1S/C46H29NO2/c1-2-9-30(10-3-1)31-17-23-35(24-18-31)47(41-14-8-16-43-45(41)40-28-21-33-11-4-5-12-37(33)46(40)49-43)36-25-19-32(20-26-36)34-22-27-39-38-13-6-7-15-42(38)48-44(39)29-34/h1-29H/i4D,5D,8D,11D,12D,14D,16D,21D,28D. The van der Waals surface area contributed by atoms with Crippen LogP contribution in [-0.2, 0) is 0 Å². The van der Waals surface area contributed by atoms with Crippen LogP contribution in [0.5, 0.6) is 0 Å². The summed E-state index contributed by atoms with van der Waals surface area (Å²) in [5, 5.41) is 1.88. The Kier molecular flexibility index (Phi) is 4.48. The fraction of sp³-hybridized carbons (Fsp3) is 0. The number of hydrogen-bond donors (Lipinski definition) is 0. The molecule has 10 rings (SSSR count). The SMILES string of the molecule is [2H]c1c([2H])c(N(c2ccc(-c3ccccc3)cc2)c2ccc(-c3ccc4c(c3)oc3ccccc34)cc2)c2c(oc3c4c([2H])c([2H])c([2H])c([2H])c4c([2H])c([2H])c32)c1[2H]. The van der Waals surface area contributed by atoms with Crippen LogP contribution in [0.4, 0.5) is 17.1 Å². The van der Waals surface area contributed by atoms with Crippen molar-refractivity contribution in [1.29, 1.82) is 0 Å². The number of benzene rings is 8. The maximum atomic E-state index is 9.43. The second-order valence-corrected chi connectivity index (χ2v) is 11.8. The predicted molar refractivity (Wildman–Crippen MR) is 204 cm³/mol. The lowest BCUT2D eigenvalue weighted by atomic mass is 10.0.